The molecule has 4 atom stereocenters. The number of esters is 1. The Morgan fingerprint density at radius 3 is 2.40 bits per heavy atom. The summed E-state index contributed by atoms with van der Waals surface area (Å²) in [6, 6.07) is 23.6. The summed E-state index contributed by atoms with van der Waals surface area (Å²) in [4.78, 5) is 47.8. The molecule has 4 unspecified atom stereocenters. The van der Waals surface area contributed by atoms with Crippen LogP contribution in [-0.2, 0) is 31.0 Å². The Morgan fingerprint density at radius 1 is 1.00 bits per heavy atom. The van der Waals surface area contributed by atoms with Gasteiger partial charge >= 0.3 is 12.1 Å². The van der Waals surface area contributed by atoms with Crippen LogP contribution in [0.5, 0.6) is 0 Å². The van der Waals surface area contributed by atoms with Crippen LogP contribution in [0.1, 0.15) is 87.9 Å². The van der Waals surface area contributed by atoms with Crippen molar-refractivity contribution in [3.8, 4) is 11.3 Å². The van der Waals surface area contributed by atoms with Crippen molar-refractivity contribution < 1.29 is 28.3 Å². The average molecular weight is 872 g/mol. The molecule has 6 aromatic rings. The maximum Gasteiger partial charge on any atom is 0.407 e. The van der Waals surface area contributed by atoms with E-state index in [0.29, 0.717) is 82.5 Å². The van der Waals surface area contributed by atoms with Crippen LogP contribution in [0.4, 0.5) is 16.4 Å². The highest BCUT2D eigenvalue weighted by molar-refractivity contribution is 6.36. The van der Waals surface area contributed by atoms with Crippen molar-refractivity contribution in [2.24, 2.45) is 16.8 Å². The Labute approximate surface area is 370 Å². The molecule has 9 rings (SSSR count). The molecule has 63 heavy (non-hydrogen) atoms. The Kier molecular flexibility index (Phi) is 11.5. The van der Waals surface area contributed by atoms with Crippen LogP contribution in [0.25, 0.3) is 22.4 Å². The molecule has 2 aliphatic heterocycles. The summed E-state index contributed by atoms with van der Waals surface area (Å²) in [6.45, 7) is 10.7. The number of amides is 1. The van der Waals surface area contributed by atoms with Gasteiger partial charge in [0.15, 0.2) is 23.5 Å². The van der Waals surface area contributed by atoms with Gasteiger partial charge in [0, 0.05) is 67.5 Å². The molecule has 1 N–H and O–H groups in total. The number of anilines is 1. The van der Waals surface area contributed by atoms with Crippen LogP contribution in [0.15, 0.2) is 88.5 Å². The summed E-state index contributed by atoms with van der Waals surface area (Å²) in [5.41, 5.74) is 4.68. The number of carbonyl (C=O) groups excluding carboxylic acids is 2. The number of nitrogens with zero attached hydrogens (tertiary/aromatic N) is 8. The molecule has 2 saturated heterocycles. The lowest BCUT2D eigenvalue weighted by atomic mass is 9.96. The van der Waals surface area contributed by atoms with E-state index in [0.717, 1.165) is 42.5 Å². The van der Waals surface area contributed by atoms with Crippen molar-refractivity contribution >= 4 is 52.2 Å². The molecule has 0 bridgehead atoms. The average Bonchev–Trinajstić information content (AvgIpc) is 3.48. The van der Waals surface area contributed by atoms with Gasteiger partial charge in [-0.1, -0.05) is 77.4 Å². The number of aromatic nitrogens is 6. The van der Waals surface area contributed by atoms with Gasteiger partial charge < -0.3 is 29.0 Å². The molecule has 1 aliphatic carbocycles. The molecule has 0 radical (unpaired) electrons. The lowest BCUT2D eigenvalue weighted by Gasteiger charge is -2.29. The third-order valence-electron chi connectivity index (χ3n) is 12.0. The summed E-state index contributed by atoms with van der Waals surface area (Å²) in [5.74, 6) is 1.43. The molecular weight excluding hydrogens is 822 g/mol. The van der Waals surface area contributed by atoms with E-state index in [1.807, 2.05) is 99.1 Å². The zero-order valence-electron chi connectivity index (χ0n) is 36.0. The fourth-order valence-electron chi connectivity index (χ4n) is 9.10. The minimum Gasteiger partial charge on any atom is -0.459 e. The van der Waals surface area contributed by atoms with Crippen LogP contribution in [-0.4, -0.2) is 79.5 Å². The van der Waals surface area contributed by atoms with Gasteiger partial charge in [-0.15, -0.1) is 0 Å². The number of nitrogens with one attached hydrogen (secondary N) is 1. The third-order valence-corrected chi connectivity index (χ3v) is 12.4. The second kappa shape index (κ2) is 17.2. The van der Waals surface area contributed by atoms with Crippen molar-refractivity contribution in [1.29, 1.82) is 0 Å². The van der Waals surface area contributed by atoms with Crippen LogP contribution < -0.4 is 10.2 Å². The van der Waals surface area contributed by atoms with Gasteiger partial charge in [0.1, 0.15) is 34.9 Å². The number of aliphatic imine (C=N–C) groups is 1. The van der Waals surface area contributed by atoms with Crippen LogP contribution >= 0.6 is 11.6 Å². The van der Waals surface area contributed by atoms with E-state index in [2.05, 4.69) is 20.4 Å². The van der Waals surface area contributed by atoms with Crippen molar-refractivity contribution in [2.75, 3.05) is 31.1 Å². The van der Waals surface area contributed by atoms with Crippen molar-refractivity contribution in [3.05, 3.63) is 112 Å². The quantitative estimate of drug-likeness (QED) is 0.0972. The molecule has 3 aliphatic rings. The van der Waals surface area contributed by atoms with E-state index in [-0.39, 0.29) is 18.4 Å². The molecular formula is C47H50ClN9O6. The molecule has 15 nitrogen and oxygen atoms in total. The van der Waals surface area contributed by atoms with Crippen LogP contribution in [0.2, 0.25) is 5.02 Å². The highest BCUT2D eigenvalue weighted by Gasteiger charge is 2.68. The molecule has 0 spiro atoms. The number of hydrogen-bond donors (Lipinski definition) is 1. The van der Waals surface area contributed by atoms with Crippen LogP contribution in [0.3, 0.4) is 0 Å². The predicted molar refractivity (Wildman–Crippen MR) is 237 cm³/mol. The maximum absolute atomic E-state index is 12.9. The SMILES string of the molecule is CC(=O)OCc1nc2c(-c3ccnc(N=C(c4ccccc4)c4ccccc4)c3Cl)nn(C3CCCCO3)c2nc1N1CCC2C(C1)C2(CNC(=O)OC(C)(C)C)c1cc(C)on1. The second-order valence-electron chi connectivity index (χ2n) is 17.4. The molecule has 2 aromatic carbocycles. The Hall–Kier alpha value is -6.19. The first kappa shape index (κ1) is 42.1. The lowest BCUT2D eigenvalue weighted by Crippen LogP contribution is -2.38. The molecule has 4 aromatic heterocycles. The number of ether oxygens (including phenoxy) is 3. The minimum atomic E-state index is -0.646. The topological polar surface area (TPSA) is 172 Å². The summed E-state index contributed by atoms with van der Waals surface area (Å²) in [6.07, 6.45) is 4.19. The van der Waals surface area contributed by atoms with Gasteiger partial charge in [-0.25, -0.2) is 29.4 Å². The number of fused-ring (bicyclic) bond motifs is 2. The monoisotopic (exact) mass is 871 g/mol. The molecule has 6 heterocycles. The standard InChI is InChI=1S/C47H50ClN9O6/c1-28-24-36(55-63-28)47(27-50-45(59)62-46(3,4)5)33-20-22-56(25-34(33)47)43-35(26-61-29(2)58)51-41-40(54-57(44(41)53-43)37-18-12-13-23-60-37)32-19-21-49-42(38(32)48)52-39(30-14-8-6-9-15-30)31-16-10-7-11-17-31/h6-11,14-17,19,21,24,33-34,37H,12-13,18,20,22-23,25-27H2,1-5H3,(H,50,59). The van der Waals surface area contributed by atoms with E-state index in [9.17, 15) is 9.59 Å². The number of pyridine rings is 1. The molecule has 1 amide bonds. The number of piperidine rings is 1. The zero-order valence-corrected chi connectivity index (χ0v) is 36.8. The van der Waals surface area contributed by atoms with Crippen molar-refractivity contribution in [2.45, 2.75) is 84.2 Å². The number of rotatable bonds is 11. The number of benzene rings is 2. The van der Waals surface area contributed by atoms with E-state index in [1.54, 1.807) is 12.3 Å². The van der Waals surface area contributed by atoms with E-state index >= 15 is 0 Å². The normalized spacial score (nSPS) is 20.8. The number of carbonyl (C=O) groups is 2. The van der Waals surface area contributed by atoms with Crippen molar-refractivity contribution in [1.82, 2.24) is 35.2 Å². The minimum absolute atomic E-state index is 0.0816. The van der Waals surface area contributed by atoms with Crippen LogP contribution in [0, 0.1) is 18.8 Å². The molecule has 3 fully saturated rings. The maximum atomic E-state index is 12.9. The van der Waals surface area contributed by atoms with Gasteiger partial charge in [-0.3, -0.25) is 4.79 Å². The van der Waals surface area contributed by atoms with Gasteiger partial charge in [-0.2, -0.15) is 5.10 Å². The Bertz CT molecular complexity index is 2630. The second-order valence-corrected chi connectivity index (χ2v) is 17.8. The summed E-state index contributed by atoms with van der Waals surface area (Å²) >= 11 is 7.31. The number of alkyl carbamates (subject to hydrolysis) is 1. The van der Waals surface area contributed by atoms with E-state index in [4.69, 9.17) is 50.4 Å². The molecule has 326 valence electrons. The largest absolute Gasteiger partial charge is 0.459 e. The number of hydrogen-bond acceptors (Lipinski definition) is 13. The predicted octanol–water partition coefficient (Wildman–Crippen LogP) is 8.69. The molecule has 1 saturated carbocycles. The smallest absolute Gasteiger partial charge is 0.407 e. The third kappa shape index (κ3) is 8.51. The first-order valence-electron chi connectivity index (χ1n) is 21.4. The lowest BCUT2D eigenvalue weighted by molar-refractivity contribution is -0.142. The Balaban J connectivity index is 1.13. The van der Waals surface area contributed by atoms with E-state index in [1.165, 1.54) is 6.92 Å². The van der Waals surface area contributed by atoms with Gasteiger partial charge in [0.05, 0.1) is 16.4 Å². The zero-order chi connectivity index (χ0) is 43.9. The van der Waals surface area contributed by atoms with Gasteiger partial charge in [0.25, 0.3) is 0 Å². The van der Waals surface area contributed by atoms with Gasteiger partial charge in [-0.05, 0) is 71.3 Å². The van der Waals surface area contributed by atoms with E-state index < -0.39 is 29.3 Å². The summed E-state index contributed by atoms with van der Waals surface area (Å²) in [7, 11) is 0. The first-order chi connectivity index (χ1) is 30.4. The fourth-order valence-corrected chi connectivity index (χ4v) is 9.34. The Morgan fingerprint density at radius 2 is 1.75 bits per heavy atom. The summed E-state index contributed by atoms with van der Waals surface area (Å²) in [5, 5.41) is 13.0. The fraction of sp³-hybridized carbons (Fsp3) is 0.404. The van der Waals surface area contributed by atoms with Crippen molar-refractivity contribution in [3.63, 3.8) is 0 Å². The highest BCUT2D eigenvalue weighted by Crippen LogP contribution is 2.63. The number of halogens is 1. The van der Waals surface area contributed by atoms with Gasteiger partial charge in [0.2, 0.25) is 0 Å². The first-order valence-corrected chi connectivity index (χ1v) is 21.8. The highest BCUT2D eigenvalue weighted by atomic mass is 35.5. The summed E-state index contributed by atoms with van der Waals surface area (Å²) < 4.78 is 25.0. The molecule has 16 heteroatoms. The number of aryl methyl sites for hydroxylation is 1.